The minimum Gasteiger partial charge on any atom is -0.353 e. The summed E-state index contributed by atoms with van der Waals surface area (Å²) in [6, 6.07) is 16.3. The van der Waals surface area contributed by atoms with E-state index < -0.39 is 0 Å². The molecule has 1 N–H and O–H groups in total. The largest absolute Gasteiger partial charge is 0.353 e. The van der Waals surface area contributed by atoms with E-state index in [1.807, 2.05) is 49.4 Å². The maximum Gasteiger partial charge on any atom is 0.283 e. The number of hydrogen-bond acceptors (Lipinski definition) is 4. The van der Waals surface area contributed by atoms with Gasteiger partial charge in [0.15, 0.2) is 5.17 Å². The molecule has 2 amide bonds. The Labute approximate surface area is 187 Å². The number of amidine groups is 1. The van der Waals surface area contributed by atoms with Gasteiger partial charge in [0.05, 0.1) is 11.4 Å². The zero-order valence-corrected chi connectivity index (χ0v) is 18.9. The Morgan fingerprint density at radius 2 is 1.84 bits per heavy atom. The number of amides is 2. The van der Waals surface area contributed by atoms with Crippen LogP contribution < -0.4 is 10.2 Å². The van der Waals surface area contributed by atoms with Gasteiger partial charge in [0.2, 0.25) is 5.91 Å². The fourth-order valence-electron chi connectivity index (χ4n) is 3.28. The molecule has 6 heteroatoms. The van der Waals surface area contributed by atoms with Crippen LogP contribution in [0.3, 0.4) is 0 Å². The maximum absolute atomic E-state index is 13.2. The first-order valence-corrected chi connectivity index (χ1v) is 11.6. The van der Waals surface area contributed by atoms with Crippen LogP contribution in [-0.2, 0) is 9.59 Å². The average molecular weight is 434 g/mol. The fourth-order valence-corrected chi connectivity index (χ4v) is 4.10. The van der Waals surface area contributed by atoms with Crippen molar-refractivity contribution in [2.24, 2.45) is 4.99 Å². The highest BCUT2D eigenvalue weighted by Crippen LogP contribution is 2.30. The molecular weight excluding hydrogens is 406 g/mol. The fraction of sp³-hybridized carbons (Fsp3) is 0.320. The Kier molecular flexibility index (Phi) is 6.28. The van der Waals surface area contributed by atoms with Gasteiger partial charge in [-0.3, -0.25) is 14.5 Å². The molecule has 31 heavy (non-hydrogen) atoms. The lowest BCUT2D eigenvalue weighted by atomic mass is 10.0. The molecule has 1 heterocycles. The molecule has 0 radical (unpaired) electrons. The molecule has 5 nitrogen and oxygen atoms in total. The van der Waals surface area contributed by atoms with Crippen molar-refractivity contribution in [2.75, 3.05) is 10.7 Å². The molecule has 1 aliphatic carbocycles. The zero-order valence-electron chi connectivity index (χ0n) is 18.1. The molecule has 0 aromatic heterocycles. The Hall–Kier alpha value is -2.86. The number of carbonyl (C=O) groups is 2. The lowest BCUT2D eigenvalue weighted by molar-refractivity contribution is -0.118. The Bertz CT molecular complexity index is 1040. The number of benzene rings is 2. The van der Waals surface area contributed by atoms with Crippen molar-refractivity contribution in [2.45, 2.75) is 45.6 Å². The summed E-state index contributed by atoms with van der Waals surface area (Å²) in [5, 5.41) is 3.52. The molecular formula is C25H27N3O2S. The van der Waals surface area contributed by atoms with Crippen LogP contribution in [-0.4, -0.2) is 28.8 Å². The molecule has 0 atom stereocenters. The van der Waals surface area contributed by atoms with Gasteiger partial charge < -0.3 is 5.32 Å². The first kappa shape index (κ1) is 21.4. The van der Waals surface area contributed by atoms with E-state index in [1.165, 1.54) is 17.3 Å². The molecule has 1 fully saturated rings. The van der Waals surface area contributed by atoms with Crippen LogP contribution in [0, 0.1) is 6.92 Å². The Morgan fingerprint density at radius 3 is 2.45 bits per heavy atom. The summed E-state index contributed by atoms with van der Waals surface area (Å²) in [5.74, 6) is 0.492. The zero-order chi connectivity index (χ0) is 22.0. The van der Waals surface area contributed by atoms with E-state index in [-0.39, 0.29) is 17.6 Å². The standard InChI is InChI=1S/C25H27N3O2S/c1-16(2)19-8-6-18(7-9-19)14-22-24(30)28(21-12-4-17(3)5-13-21)25(27-22)31-15-23(29)26-20-10-11-20/h4-9,12-14,16,20H,10-11,15H2,1-3H3,(H,26,29). The number of aryl methyl sites for hydroxylation is 1. The van der Waals surface area contributed by atoms with Crippen molar-refractivity contribution in [3.05, 3.63) is 70.9 Å². The number of hydrogen-bond donors (Lipinski definition) is 1. The van der Waals surface area contributed by atoms with Crippen LogP contribution in [0.1, 0.15) is 49.3 Å². The molecule has 0 unspecified atom stereocenters. The number of nitrogens with one attached hydrogen (secondary N) is 1. The highest BCUT2D eigenvalue weighted by atomic mass is 32.2. The van der Waals surface area contributed by atoms with Gasteiger partial charge in [0.1, 0.15) is 5.70 Å². The lowest BCUT2D eigenvalue weighted by Gasteiger charge is -2.18. The van der Waals surface area contributed by atoms with E-state index in [2.05, 4.69) is 36.3 Å². The van der Waals surface area contributed by atoms with Crippen LogP contribution >= 0.6 is 11.8 Å². The summed E-state index contributed by atoms with van der Waals surface area (Å²) in [7, 11) is 0. The monoisotopic (exact) mass is 433 g/mol. The van der Waals surface area contributed by atoms with E-state index in [9.17, 15) is 9.59 Å². The van der Waals surface area contributed by atoms with Crippen molar-refractivity contribution in [3.63, 3.8) is 0 Å². The van der Waals surface area contributed by atoms with E-state index >= 15 is 0 Å². The van der Waals surface area contributed by atoms with Crippen LogP contribution in [0.2, 0.25) is 0 Å². The number of nitrogens with zero attached hydrogens (tertiary/aromatic N) is 2. The van der Waals surface area contributed by atoms with Crippen molar-refractivity contribution in [1.29, 1.82) is 0 Å². The van der Waals surface area contributed by atoms with Gasteiger partial charge in [0, 0.05) is 6.04 Å². The number of anilines is 1. The number of rotatable bonds is 6. The Morgan fingerprint density at radius 1 is 1.16 bits per heavy atom. The number of aliphatic imine (C=N–C) groups is 1. The quantitative estimate of drug-likeness (QED) is 0.661. The molecule has 0 saturated heterocycles. The summed E-state index contributed by atoms with van der Waals surface area (Å²) in [6.45, 7) is 6.31. The van der Waals surface area contributed by atoms with E-state index in [0.29, 0.717) is 22.8 Å². The van der Waals surface area contributed by atoms with Crippen molar-refractivity contribution < 1.29 is 9.59 Å². The smallest absolute Gasteiger partial charge is 0.283 e. The predicted molar refractivity (Wildman–Crippen MR) is 128 cm³/mol. The van der Waals surface area contributed by atoms with E-state index in [1.54, 1.807) is 4.90 Å². The highest BCUT2D eigenvalue weighted by molar-refractivity contribution is 8.14. The van der Waals surface area contributed by atoms with Gasteiger partial charge in [-0.15, -0.1) is 0 Å². The summed E-state index contributed by atoms with van der Waals surface area (Å²) >= 11 is 1.30. The minimum absolute atomic E-state index is 0.0202. The van der Waals surface area contributed by atoms with E-state index in [0.717, 1.165) is 29.7 Å². The molecule has 4 rings (SSSR count). The molecule has 160 valence electrons. The third-order valence-corrected chi connectivity index (χ3v) is 6.24. The Balaban J connectivity index is 1.58. The van der Waals surface area contributed by atoms with Crippen molar-refractivity contribution >= 4 is 40.5 Å². The maximum atomic E-state index is 13.2. The van der Waals surface area contributed by atoms with Gasteiger partial charge in [-0.2, -0.15) is 0 Å². The average Bonchev–Trinajstić information content (AvgIpc) is 3.51. The molecule has 0 bridgehead atoms. The van der Waals surface area contributed by atoms with Crippen molar-refractivity contribution in [1.82, 2.24) is 5.32 Å². The second-order valence-electron chi connectivity index (χ2n) is 8.35. The highest BCUT2D eigenvalue weighted by Gasteiger charge is 2.32. The molecule has 2 aliphatic rings. The van der Waals surface area contributed by atoms with Gasteiger partial charge >= 0.3 is 0 Å². The van der Waals surface area contributed by atoms with Crippen LogP contribution in [0.4, 0.5) is 5.69 Å². The topological polar surface area (TPSA) is 61.8 Å². The van der Waals surface area contributed by atoms with Gasteiger partial charge in [0.25, 0.3) is 5.91 Å². The van der Waals surface area contributed by atoms with Gasteiger partial charge in [-0.25, -0.2) is 4.99 Å². The summed E-state index contributed by atoms with van der Waals surface area (Å²) < 4.78 is 0. The molecule has 0 spiro atoms. The predicted octanol–water partition coefficient (Wildman–Crippen LogP) is 4.87. The summed E-state index contributed by atoms with van der Waals surface area (Å²) in [4.78, 5) is 31.6. The van der Waals surface area contributed by atoms with Crippen LogP contribution in [0.25, 0.3) is 6.08 Å². The molecule has 2 aromatic rings. The minimum atomic E-state index is -0.179. The van der Waals surface area contributed by atoms with Crippen LogP contribution in [0.15, 0.2) is 59.2 Å². The second-order valence-corrected chi connectivity index (χ2v) is 9.29. The first-order chi connectivity index (χ1) is 14.9. The number of carbonyl (C=O) groups excluding carboxylic acids is 2. The molecule has 1 saturated carbocycles. The van der Waals surface area contributed by atoms with Gasteiger partial charge in [-0.1, -0.05) is 67.6 Å². The second kappa shape index (κ2) is 9.10. The first-order valence-electron chi connectivity index (χ1n) is 10.6. The molecule has 2 aromatic carbocycles. The van der Waals surface area contributed by atoms with Crippen molar-refractivity contribution in [3.8, 4) is 0 Å². The number of thioether (sulfide) groups is 1. The SMILES string of the molecule is Cc1ccc(N2C(=O)C(=Cc3ccc(C(C)C)cc3)N=C2SCC(=O)NC2CC2)cc1. The van der Waals surface area contributed by atoms with Crippen LogP contribution in [0.5, 0.6) is 0 Å². The third kappa shape index (κ3) is 5.25. The van der Waals surface area contributed by atoms with E-state index in [4.69, 9.17) is 0 Å². The third-order valence-electron chi connectivity index (χ3n) is 5.30. The normalized spacial score (nSPS) is 17.4. The summed E-state index contributed by atoms with van der Waals surface area (Å²) in [5.41, 5.74) is 4.43. The lowest BCUT2D eigenvalue weighted by Crippen LogP contribution is -2.32. The summed E-state index contributed by atoms with van der Waals surface area (Å²) in [6.07, 6.45) is 3.91. The molecule has 1 aliphatic heterocycles. The van der Waals surface area contributed by atoms with Gasteiger partial charge in [-0.05, 0) is 55.0 Å².